The van der Waals surface area contributed by atoms with Gasteiger partial charge in [0.05, 0.1) is 11.3 Å². The third-order valence-electron chi connectivity index (χ3n) is 3.58. The molecule has 0 spiro atoms. The van der Waals surface area contributed by atoms with Gasteiger partial charge in [-0.25, -0.2) is 4.79 Å². The molecule has 28 heavy (non-hydrogen) atoms. The van der Waals surface area contributed by atoms with Crippen molar-refractivity contribution in [3.8, 4) is 0 Å². The van der Waals surface area contributed by atoms with Crippen LogP contribution in [0.2, 0.25) is 0 Å². The van der Waals surface area contributed by atoms with Crippen LogP contribution in [-0.2, 0) is 14.3 Å². The predicted octanol–water partition coefficient (Wildman–Crippen LogP) is 3.18. The van der Waals surface area contributed by atoms with Crippen LogP contribution in [0, 0.1) is 6.92 Å². The molecule has 2 aromatic rings. The van der Waals surface area contributed by atoms with Crippen LogP contribution in [0.1, 0.15) is 15.9 Å². The Morgan fingerprint density at radius 3 is 2.50 bits per heavy atom. The Labute approximate surface area is 168 Å². The summed E-state index contributed by atoms with van der Waals surface area (Å²) in [7, 11) is 0. The average Bonchev–Trinajstić information content (AvgIpc) is 2.70. The molecular weight excluding hydrogens is 376 g/mol. The third-order valence-corrected chi connectivity index (χ3v) is 4.65. The highest BCUT2D eigenvalue weighted by Crippen LogP contribution is 2.23. The van der Waals surface area contributed by atoms with Crippen LogP contribution in [0.25, 0.3) is 0 Å². The fraction of sp³-hybridized carbons (Fsp3) is 0.190. The lowest BCUT2D eigenvalue weighted by Gasteiger charge is -2.10. The Kier molecular flexibility index (Phi) is 8.30. The Balaban J connectivity index is 1.90. The number of rotatable bonds is 9. The molecule has 7 heteroatoms. The van der Waals surface area contributed by atoms with Crippen molar-refractivity contribution in [2.24, 2.45) is 0 Å². The maximum Gasteiger partial charge on any atom is 0.339 e. The Morgan fingerprint density at radius 1 is 1.07 bits per heavy atom. The van der Waals surface area contributed by atoms with Gasteiger partial charge in [0.2, 0.25) is 5.91 Å². The Bertz CT molecular complexity index is 850. The summed E-state index contributed by atoms with van der Waals surface area (Å²) in [6.07, 6.45) is 1.54. The number of hydrogen-bond donors (Lipinski definition) is 2. The number of carbonyl (C=O) groups is 3. The molecule has 6 nitrogen and oxygen atoms in total. The molecule has 0 aliphatic rings. The van der Waals surface area contributed by atoms with E-state index in [0.29, 0.717) is 17.0 Å². The summed E-state index contributed by atoms with van der Waals surface area (Å²) in [5, 5.41) is 5.34. The van der Waals surface area contributed by atoms with Crippen LogP contribution in [0.15, 0.2) is 66.1 Å². The number of nitrogens with one attached hydrogen (secondary N) is 2. The van der Waals surface area contributed by atoms with Gasteiger partial charge in [-0.2, -0.15) is 0 Å². The van der Waals surface area contributed by atoms with E-state index >= 15 is 0 Å². The van der Waals surface area contributed by atoms with Crippen LogP contribution in [-0.4, -0.2) is 36.7 Å². The second-order valence-electron chi connectivity index (χ2n) is 5.87. The molecule has 0 radical (unpaired) electrons. The van der Waals surface area contributed by atoms with Gasteiger partial charge in [-0.3, -0.25) is 9.59 Å². The summed E-state index contributed by atoms with van der Waals surface area (Å²) >= 11 is 1.23. The van der Waals surface area contributed by atoms with Gasteiger partial charge in [0.1, 0.15) is 0 Å². The second kappa shape index (κ2) is 10.9. The minimum atomic E-state index is -0.615. The van der Waals surface area contributed by atoms with E-state index in [0.717, 1.165) is 11.3 Å². The van der Waals surface area contributed by atoms with E-state index in [2.05, 4.69) is 17.2 Å². The summed E-state index contributed by atoms with van der Waals surface area (Å²) in [6, 6.07) is 14.3. The number of carbonyl (C=O) groups excluding carboxylic acids is 3. The summed E-state index contributed by atoms with van der Waals surface area (Å²) < 4.78 is 5.04. The maximum absolute atomic E-state index is 12.3. The molecule has 0 aromatic heterocycles. The molecule has 0 unspecified atom stereocenters. The zero-order valence-corrected chi connectivity index (χ0v) is 16.4. The third kappa shape index (κ3) is 6.92. The summed E-state index contributed by atoms with van der Waals surface area (Å²) in [6.45, 7) is 5.40. The number of thioether (sulfide) groups is 1. The van der Waals surface area contributed by atoms with Crippen LogP contribution in [0.3, 0.4) is 0 Å². The lowest BCUT2D eigenvalue weighted by molar-refractivity contribution is -0.124. The molecular formula is C21H22N2O4S. The topological polar surface area (TPSA) is 84.5 Å². The first-order valence-corrected chi connectivity index (χ1v) is 9.61. The highest BCUT2D eigenvalue weighted by molar-refractivity contribution is 8.00. The van der Waals surface area contributed by atoms with Gasteiger partial charge in [0.15, 0.2) is 6.61 Å². The highest BCUT2D eigenvalue weighted by Gasteiger charge is 2.15. The summed E-state index contributed by atoms with van der Waals surface area (Å²) in [5.74, 6) is -1.06. The minimum absolute atomic E-state index is 0.137. The number of amides is 2. The summed E-state index contributed by atoms with van der Waals surface area (Å²) in [4.78, 5) is 36.6. The average molecular weight is 398 g/mol. The van der Waals surface area contributed by atoms with E-state index in [1.807, 2.05) is 31.2 Å². The van der Waals surface area contributed by atoms with Gasteiger partial charge in [0, 0.05) is 17.1 Å². The molecule has 2 aromatic carbocycles. The van der Waals surface area contributed by atoms with Crippen molar-refractivity contribution in [2.75, 3.05) is 24.2 Å². The fourth-order valence-electron chi connectivity index (χ4n) is 2.18. The van der Waals surface area contributed by atoms with E-state index < -0.39 is 11.9 Å². The molecule has 146 valence electrons. The van der Waals surface area contributed by atoms with E-state index in [1.54, 1.807) is 24.3 Å². The van der Waals surface area contributed by atoms with Crippen LogP contribution >= 0.6 is 11.8 Å². The fourth-order valence-corrected chi connectivity index (χ4v) is 3.02. The lowest BCUT2D eigenvalue weighted by atomic mass is 10.2. The van der Waals surface area contributed by atoms with Gasteiger partial charge in [-0.15, -0.1) is 18.3 Å². The number of hydrogen-bond acceptors (Lipinski definition) is 5. The van der Waals surface area contributed by atoms with Crippen molar-refractivity contribution in [3.63, 3.8) is 0 Å². The van der Waals surface area contributed by atoms with Crippen molar-refractivity contribution in [3.05, 3.63) is 72.3 Å². The van der Waals surface area contributed by atoms with Crippen LogP contribution in [0.4, 0.5) is 5.69 Å². The van der Waals surface area contributed by atoms with Crippen molar-refractivity contribution >= 4 is 35.2 Å². The van der Waals surface area contributed by atoms with Crippen molar-refractivity contribution in [1.82, 2.24) is 5.32 Å². The van der Waals surface area contributed by atoms with E-state index in [-0.39, 0.29) is 18.3 Å². The SMILES string of the molecule is C=CCNC(=O)COC(=O)c1ccccc1SCC(=O)Nc1ccc(C)cc1. The first kappa shape index (κ1) is 21.2. The minimum Gasteiger partial charge on any atom is -0.452 e. The molecule has 2 amide bonds. The molecule has 2 N–H and O–H groups in total. The number of esters is 1. The van der Waals surface area contributed by atoms with E-state index in [9.17, 15) is 14.4 Å². The maximum atomic E-state index is 12.3. The van der Waals surface area contributed by atoms with Gasteiger partial charge in [-0.05, 0) is 31.2 Å². The number of ether oxygens (including phenoxy) is 1. The van der Waals surface area contributed by atoms with Gasteiger partial charge in [-0.1, -0.05) is 35.9 Å². The summed E-state index contributed by atoms with van der Waals surface area (Å²) in [5.41, 5.74) is 2.14. The molecule has 0 aliphatic heterocycles. The van der Waals surface area contributed by atoms with E-state index in [1.165, 1.54) is 17.8 Å². The highest BCUT2D eigenvalue weighted by atomic mass is 32.2. The molecule has 0 bridgehead atoms. The monoisotopic (exact) mass is 398 g/mol. The molecule has 0 heterocycles. The number of anilines is 1. The van der Waals surface area contributed by atoms with Crippen molar-refractivity contribution in [1.29, 1.82) is 0 Å². The first-order valence-electron chi connectivity index (χ1n) is 8.62. The zero-order valence-electron chi connectivity index (χ0n) is 15.6. The van der Waals surface area contributed by atoms with Crippen LogP contribution < -0.4 is 10.6 Å². The number of aryl methyl sites for hydroxylation is 1. The van der Waals surface area contributed by atoms with Crippen LogP contribution in [0.5, 0.6) is 0 Å². The van der Waals surface area contributed by atoms with Gasteiger partial charge in [0.25, 0.3) is 5.91 Å². The largest absolute Gasteiger partial charge is 0.452 e. The van der Waals surface area contributed by atoms with Gasteiger partial charge < -0.3 is 15.4 Å². The molecule has 0 aliphatic carbocycles. The lowest BCUT2D eigenvalue weighted by Crippen LogP contribution is -2.28. The normalized spacial score (nSPS) is 10.0. The quantitative estimate of drug-likeness (QED) is 0.385. The number of benzene rings is 2. The van der Waals surface area contributed by atoms with E-state index in [4.69, 9.17) is 4.74 Å². The Hall–Kier alpha value is -3.06. The molecule has 0 saturated carbocycles. The Morgan fingerprint density at radius 2 is 1.79 bits per heavy atom. The standard InChI is InChI=1S/C21H22N2O4S/c1-3-12-22-19(24)13-27-21(26)17-6-4-5-7-18(17)28-14-20(25)23-16-10-8-15(2)9-11-16/h3-11H,1,12-14H2,2H3,(H,22,24)(H,23,25). The van der Waals surface area contributed by atoms with Crippen molar-refractivity contribution in [2.45, 2.75) is 11.8 Å². The molecule has 2 rings (SSSR count). The second-order valence-corrected chi connectivity index (χ2v) is 6.89. The smallest absolute Gasteiger partial charge is 0.339 e. The molecule has 0 atom stereocenters. The first-order chi connectivity index (χ1) is 13.5. The molecule has 0 fully saturated rings. The van der Waals surface area contributed by atoms with Gasteiger partial charge >= 0.3 is 5.97 Å². The molecule has 0 saturated heterocycles. The van der Waals surface area contributed by atoms with Crippen molar-refractivity contribution < 1.29 is 19.1 Å². The zero-order chi connectivity index (χ0) is 20.4. The predicted molar refractivity (Wildman–Crippen MR) is 110 cm³/mol.